The molecule has 0 aliphatic carbocycles. The van der Waals surface area contributed by atoms with Gasteiger partial charge in [0.15, 0.2) is 0 Å². The second-order valence-electron chi connectivity index (χ2n) is 6.07. The highest BCUT2D eigenvalue weighted by Crippen LogP contribution is 2.27. The normalized spacial score (nSPS) is 11.1. The maximum atomic E-state index is 12.0. The van der Waals surface area contributed by atoms with E-state index < -0.39 is 5.60 Å². The van der Waals surface area contributed by atoms with Crippen molar-refractivity contribution in [3.05, 3.63) is 48.0 Å². The van der Waals surface area contributed by atoms with Crippen molar-refractivity contribution in [1.29, 1.82) is 0 Å². The van der Waals surface area contributed by atoms with Crippen molar-refractivity contribution >= 4 is 11.7 Å². The molecule has 0 fully saturated rings. The van der Waals surface area contributed by atoms with Crippen molar-refractivity contribution in [3.8, 4) is 16.9 Å². The summed E-state index contributed by atoms with van der Waals surface area (Å²) in [5.74, 6) is 0.371. The van der Waals surface area contributed by atoms with Gasteiger partial charge in [0.2, 0.25) is 0 Å². The SMILES string of the molecule is COc1cc(N)cc(-c2ccc(C(=O)OC(C)(C)C)cc2)c1. The Morgan fingerprint density at radius 1 is 1.00 bits per heavy atom. The molecule has 0 aliphatic heterocycles. The summed E-state index contributed by atoms with van der Waals surface area (Å²) in [5, 5.41) is 0. The highest BCUT2D eigenvalue weighted by Gasteiger charge is 2.17. The predicted octanol–water partition coefficient (Wildman–Crippen LogP) is 3.90. The van der Waals surface area contributed by atoms with Crippen LogP contribution in [-0.4, -0.2) is 18.7 Å². The number of nitrogen functional groups attached to an aromatic ring is 1. The second-order valence-corrected chi connectivity index (χ2v) is 6.07. The fraction of sp³-hybridized carbons (Fsp3) is 0.278. The fourth-order valence-corrected chi connectivity index (χ4v) is 2.04. The summed E-state index contributed by atoms with van der Waals surface area (Å²) in [4.78, 5) is 12.0. The van der Waals surface area contributed by atoms with Crippen molar-refractivity contribution < 1.29 is 14.3 Å². The van der Waals surface area contributed by atoms with Gasteiger partial charge in [-0.15, -0.1) is 0 Å². The molecule has 2 aromatic carbocycles. The third-order valence-corrected chi connectivity index (χ3v) is 3.02. The molecule has 2 rings (SSSR count). The summed E-state index contributed by atoms with van der Waals surface area (Å²) < 4.78 is 10.6. The van der Waals surface area contributed by atoms with E-state index in [-0.39, 0.29) is 5.97 Å². The molecule has 4 nitrogen and oxygen atoms in total. The minimum atomic E-state index is -0.503. The smallest absolute Gasteiger partial charge is 0.338 e. The highest BCUT2D eigenvalue weighted by molar-refractivity contribution is 5.90. The molecule has 0 aromatic heterocycles. The lowest BCUT2D eigenvalue weighted by Gasteiger charge is -2.19. The van der Waals surface area contributed by atoms with Crippen molar-refractivity contribution in [2.75, 3.05) is 12.8 Å². The van der Waals surface area contributed by atoms with Gasteiger partial charge in [0, 0.05) is 11.8 Å². The lowest BCUT2D eigenvalue weighted by Crippen LogP contribution is -2.23. The summed E-state index contributed by atoms with van der Waals surface area (Å²) >= 11 is 0. The molecule has 0 saturated heterocycles. The molecule has 116 valence electrons. The molecule has 22 heavy (non-hydrogen) atoms. The monoisotopic (exact) mass is 299 g/mol. The number of carbonyl (C=O) groups is 1. The van der Waals surface area contributed by atoms with E-state index in [2.05, 4.69) is 0 Å². The fourth-order valence-electron chi connectivity index (χ4n) is 2.04. The van der Waals surface area contributed by atoms with Crippen LogP contribution in [-0.2, 0) is 4.74 Å². The van der Waals surface area contributed by atoms with Crippen molar-refractivity contribution in [3.63, 3.8) is 0 Å². The maximum absolute atomic E-state index is 12.0. The number of rotatable bonds is 3. The molecule has 0 heterocycles. The quantitative estimate of drug-likeness (QED) is 0.689. The zero-order chi connectivity index (χ0) is 16.3. The van der Waals surface area contributed by atoms with Crippen LogP contribution in [0.2, 0.25) is 0 Å². The van der Waals surface area contributed by atoms with Crippen LogP contribution in [0, 0.1) is 0 Å². The number of hydrogen-bond acceptors (Lipinski definition) is 4. The lowest BCUT2D eigenvalue weighted by molar-refractivity contribution is 0.00696. The van der Waals surface area contributed by atoms with Gasteiger partial charge in [0.25, 0.3) is 0 Å². The van der Waals surface area contributed by atoms with Gasteiger partial charge < -0.3 is 15.2 Å². The Hall–Kier alpha value is -2.49. The first-order valence-corrected chi connectivity index (χ1v) is 7.07. The minimum absolute atomic E-state index is 0.329. The summed E-state index contributed by atoms with van der Waals surface area (Å²) in [6.07, 6.45) is 0. The van der Waals surface area contributed by atoms with Gasteiger partial charge in [-0.2, -0.15) is 0 Å². The predicted molar refractivity (Wildman–Crippen MR) is 88.0 cm³/mol. The van der Waals surface area contributed by atoms with Crippen LogP contribution in [0.25, 0.3) is 11.1 Å². The van der Waals surface area contributed by atoms with E-state index in [1.165, 1.54) is 0 Å². The van der Waals surface area contributed by atoms with Crippen molar-refractivity contribution in [2.24, 2.45) is 0 Å². The van der Waals surface area contributed by atoms with E-state index in [1.54, 1.807) is 25.3 Å². The van der Waals surface area contributed by atoms with Crippen LogP contribution < -0.4 is 10.5 Å². The van der Waals surface area contributed by atoms with E-state index >= 15 is 0 Å². The Bertz CT molecular complexity index is 670. The third-order valence-electron chi connectivity index (χ3n) is 3.02. The van der Waals surface area contributed by atoms with E-state index in [1.807, 2.05) is 45.0 Å². The molecule has 0 bridgehead atoms. The molecule has 0 radical (unpaired) electrons. The van der Waals surface area contributed by atoms with Crippen molar-refractivity contribution in [2.45, 2.75) is 26.4 Å². The standard InChI is InChI=1S/C18H21NO3/c1-18(2,3)22-17(20)13-7-5-12(6-8-13)14-9-15(19)11-16(10-14)21-4/h5-11H,19H2,1-4H3. The van der Waals surface area contributed by atoms with Gasteiger partial charge in [0.05, 0.1) is 12.7 Å². The summed E-state index contributed by atoms with van der Waals surface area (Å²) in [6.45, 7) is 5.54. The summed E-state index contributed by atoms with van der Waals surface area (Å²) in [5.41, 5.74) is 8.41. The van der Waals surface area contributed by atoms with Gasteiger partial charge in [0.1, 0.15) is 11.4 Å². The number of ether oxygens (including phenoxy) is 2. The molecule has 0 spiro atoms. The Morgan fingerprint density at radius 2 is 1.64 bits per heavy atom. The first-order chi connectivity index (χ1) is 10.3. The average molecular weight is 299 g/mol. The number of methoxy groups -OCH3 is 1. The average Bonchev–Trinajstić information content (AvgIpc) is 2.45. The first kappa shape index (κ1) is 15.9. The molecule has 0 aliphatic rings. The first-order valence-electron chi connectivity index (χ1n) is 7.07. The van der Waals surface area contributed by atoms with Crippen LogP contribution in [0.1, 0.15) is 31.1 Å². The summed E-state index contributed by atoms with van der Waals surface area (Å²) in [7, 11) is 1.60. The number of carbonyl (C=O) groups excluding carboxylic acids is 1. The van der Waals surface area contributed by atoms with E-state index in [0.717, 1.165) is 11.1 Å². The molecule has 0 unspecified atom stereocenters. The number of nitrogens with two attached hydrogens (primary N) is 1. The Balaban J connectivity index is 2.25. The highest BCUT2D eigenvalue weighted by atomic mass is 16.6. The number of benzene rings is 2. The van der Waals surface area contributed by atoms with Crippen LogP contribution in [0.5, 0.6) is 5.75 Å². The second kappa shape index (κ2) is 6.10. The molecule has 2 aromatic rings. The number of anilines is 1. The largest absolute Gasteiger partial charge is 0.497 e. The topological polar surface area (TPSA) is 61.5 Å². The molecular formula is C18H21NO3. The Kier molecular flexibility index (Phi) is 4.40. The number of esters is 1. The molecule has 0 amide bonds. The van der Waals surface area contributed by atoms with Crippen LogP contribution >= 0.6 is 0 Å². The third kappa shape index (κ3) is 4.01. The van der Waals surface area contributed by atoms with E-state index in [9.17, 15) is 4.79 Å². The molecule has 0 atom stereocenters. The van der Waals surface area contributed by atoms with Crippen molar-refractivity contribution in [1.82, 2.24) is 0 Å². The van der Waals surface area contributed by atoms with E-state index in [0.29, 0.717) is 17.0 Å². The van der Waals surface area contributed by atoms with Crippen LogP contribution in [0.3, 0.4) is 0 Å². The Morgan fingerprint density at radius 3 is 2.18 bits per heavy atom. The molecule has 2 N–H and O–H groups in total. The minimum Gasteiger partial charge on any atom is -0.497 e. The lowest BCUT2D eigenvalue weighted by atomic mass is 10.0. The van der Waals surface area contributed by atoms with Gasteiger partial charge >= 0.3 is 5.97 Å². The molecular weight excluding hydrogens is 278 g/mol. The van der Waals surface area contributed by atoms with Gasteiger partial charge in [-0.1, -0.05) is 12.1 Å². The molecule has 4 heteroatoms. The summed E-state index contributed by atoms with van der Waals surface area (Å²) in [6, 6.07) is 12.8. The van der Waals surface area contributed by atoms with Gasteiger partial charge in [-0.25, -0.2) is 4.79 Å². The number of hydrogen-bond donors (Lipinski definition) is 1. The van der Waals surface area contributed by atoms with Crippen LogP contribution in [0.15, 0.2) is 42.5 Å². The molecule has 0 saturated carbocycles. The Labute approximate surface area is 130 Å². The van der Waals surface area contributed by atoms with Crippen LogP contribution in [0.4, 0.5) is 5.69 Å². The zero-order valence-electron chi connectivity index (χ0n) is 13.3. The maximum Gasteiger partial charge on any atom is 0.338 e. The van der Waals surface area contributed by atoms with E-state index in [4.69, 9.17) is 15.2 Å². The van der Waals surface area contributed by atoms with Gasteiger partial charge in [-0.05, 0) is 56.2 Å². The zero-order valence-corrected chi connectivity index (χ0v) is 13.3. The van der Waals surface area contributed by atoms with Gasteiger partial charge in [-0.3, -0.25) is 0 Å².